The lowest BCUT2D eigenvalue weighted by atomic mass is 9.96. The number of rotatable bonds is 3. The number of nitrogens with one attached hydrogen (secondary N) is 1. The van der Waals surface area contributed by atoms with Crippen molar-refractivity contribution in [3.63, 3.8) is 0 Å². The first kappa shape index (κ1) is 18.0. The predicted octanol–water partition coefficient (Wildman–Crippen LogP) is 2.67. The number of benzene rings is 1. The largest absolute Gasteiger partial charge is 0.467 e. The van der Waals surface area contributed by atoms with Crippen LogP contribution in [0.25, 0.3) is 10.9 Å². The van der Waals surface area contributed by atoms with Crippen LogP contribution < -0.4 is 0 Å². The molecule has 1 saturated heterocycles. The summed E-state index contributed by atoms with van der Waals surface area (Å²) in [6, 6.07) is 7.39. The topological polar surface area (TPSA) is 65.6 Å². The predicted molar refractivity (Wildman–Crippen MR) is 103 cm³/mol. The molecule has 27 heavy (non-hydrogen) atoms. The summed E-state index contributed by atoms with van der Waals surface area (Å²) in [5.74, 6) is -0.365. The van der Waals surface area contributed by atoms with E-state index in [9.17, 15) is 9.59 Å². The van der Waals surface area contributed by atoms with Gasteiger partial charge in [0.15, 0.2) is 0 Å². The van der Waals surface area contributed by atoms with Gasteiger partial charge in [-0.2, -0.15) is 0 Å². The van der Waals surface area contributed by atoms with Gasteiger partial charge in [0.1, 0.15) is 6.04 Å². The third-order valence-corrected chi connectivity index (χ3v) is 6.17. The van der Waals surface area contributed by atoms with Crippen LogP contribution in [0.5, 0.6) is 0 Å². The first-order valence-corrected chi connectivity index (χ1v) is 9.53. The van der Waals surface area contributed by atoms with Crippen LogP contribution >= 0.6 is 0 Å². The van der Waals surface area contributed by atoms with Crippen molar-refractivity contribution < 1.29 is 14.3 Å². The SMILES string of the molecule is COC(=O)[C@H](C(C)C)N1C(=O)[C@@H]2Cc3c([nH]c4ccccc34)CN2C1(C)C. The van der Waals surface area contributed by atoms with Crippen LogP contribution in [0.2, 0.25) is 0 Å². The molecule has 2 aliphatic heterocycles. The standard InChI is InChI=1S/C21H27N3O3/c1-12(2)18(20(26)27-5)24-19(25)17-10-14-13-8-6-7-9-15(13)22-16(14)11-23(17)21(24,3)4/h6-9,12,17-18,22H,10-11H2,1-5H3/t17-,18-/m0/s1. The maximum absolute atomic E-state index is 13.5. The Morgan fingerprint density at radius 2 is 2.00 bits per heavy atom. The zero-order valence-corrected chi connectivity index (χ0v) is 16.6. The molecule has 1 aromatic heterocycles. The number of aromatic amines is 1. The number of H-pyrrole nitrogens is 1. The maximum atomic E-state index is 13.5. The molecule has 6 nitrogen and oxygen atoms in total. The quantitative estimate of drug-likeness (QED) is 0.845. The lowest BCUT2D eigenvalue weighted by Crippen LogP contribution is -2.57. The Hall–Kier alpha value is -2.34. The highest BCUT2D eigenvalue weighted by molar-refractivity contribution is 5.92. The van der Waals surface area contributed by atoms with Crippen molar-refractivity contribution in [2.75, 3.05) is 7.11 Å². The molecule has 6 heteroatoms. The second kappa shape index (κ2) is 6.09. The molecule has 1 amide bonds. The van der Waals surface area contributed by atoms with Gasteiger partial charge in [-0.25, -0.2) is 4.79 Å². The van der Waals surface area contributed by atoms with E-state index in [-0.39, 0.29) is 23.8 Å². The summed E-state index contributed by atoms with van der Waals surface area (Å²) in [5, 5.41) is 1.18. The number of carbonyl (C=O) groups excluding carboxylic acids is 2. The van der Waals surface area contributed by atoms with E-state index in [0.29, 0.717) is 13.0 Å². The Morgan fingerprint density at radius 1 is 1.30 bits per heavy atom. The molecule has 144 valence electrons. The van der Waals surface area contributed by atoms with Crippen LogP contribution in [0, 0.1) is 5.92 Å². The van der Waals surface area contributed by atoms with Gasteiger partial charge in [0.2, 0.25) is 5.91 Å². The first-order valence-electron chi connectivity index (χ1n) is 9.53. The Kier molecular flexibility index (Phi) is 4.07. The molecule has 0 aliphatic carbocycles. The van der Waals surface area contributed by atoms with E-state index in [2.05, 4.69) is 22.0 Å². The highest BCUT2D eigenvalue weighted by Crippen LogP contribution is 2.42. The Balaban J connectivity index is 1.76. The monoisotopic (exact) mass is 369 g/mol. The van der Waals surface area contributed by atoms with Crippen LogP contribution in [0.4, 0.5) is 0 Å². The van der Waals surface area contributed by atoms with E-state index in [4.69, 9.17) is 4.74 Å². The minimum absolute atomic E-state index is 0.0139. The summed E-state index contributed by atoms with van der Waals surface area (Å²) < 4.78 is 5.03. The molecule has 1 N–H and O–H groups in total. The highest BCUT2D eigenvalue weighted by Gasteiger charge is 2.57. The molecule has 2 aliphatic rings. The molecule has 0 spiro atoms. The smallest absolute Gasteiger partial charge is 0.328 e. The van der Waals surface area contributed by atoms with Crippen LogP contribution in [-0.4, -0.2) is 51.5 Å². The molecule has 4 rings (SSSR count). The van der Waals surface area contributed by atoms with E-state index in [1.54, 1.807) is 4.90 Å². The zero-order chi connectivity index (χ0) is 19.5. The van der Waals surface area contributed by atoms with Gasteiger partial charge < -0.3 is 14.6 Å². The van der Waals surface area contributed by atoms with Gasteiger partial charge in [-0.05, 0) is 37.8 Å². The fraction of sp³-hybridized carbons (Fsp3) is 0.524. The number of ether oxygens (including phenoxy) is 1. The maximum Gasteiger partial charge on any atom is 0.328 e. The highest BCUT2D eigenvalue weighted by atomic mass is 16.5. The Bertz CT molecular complexity index is 915. The molecule has 1 fully saturated rings. The number of methoxy groups -OCH3 is 1. The van der Waals surface area contributed by atoms with Gasteiger partial charge >= 0.3 is 5.97 Å². The fourth-order valence-electron chi connectivity index (χ4n) is 4.85. The van der Waals surface area contributed by atoms with Crippen molar-refractivity contribution in [3.05, 3.63) is 35.5 Å². The average molecular weight is 369 g/mol. The molecule has 2 atom stereocenters. The van der Waals surface area contributed by atoms with Crippen LogP contribution in [0.15, 0.2) is 24.3 Å². The summed E-state index contributed by atoms with van der Waals surface area (Å²) in [6.45, 7) is 8.63. The molecule has 0 saturated carbocycles. The molecule has 2 aromatic rings. The molecular formula is C21H27N3O3. The minimum Gasteiger partial charge on any atom is -0.467 e. The van der Waals surface area contributed by atoms with E-state index in [1.807, 2.05) is 39.8 Å². The second-order valence-corrected chi connectivity index (χ2v) is 8.39. The van der Waals surface area contributed by atoms with Crippen molar-refractivity contribution in [3.8, 4) is 0 Å². The fourth-order valence-corrected chi connectivity index (χ4v) is 4.85. The molecular weight excluding hydrogens is 342 g/mol. The molecule has 0 bridgehead atoms. The number of para-hydroxylation sites is 1. The van der Waals surface area contributed by atoms with Crippen molar-refractivity contribution in [1.82, 2.24) is 14.8 Å². The summed E-state index contributed by atoms with van der Waals surface area (Å²) in [5.41, 5.74) is 2.92. The number of nitrogens with zero attached hydrogens (tertiary/aromatic N) is 2. The molecule has 0 radical (unpaired) electrons. The second-order valence-electron chi connectivity index (χ2n) is 8.39. The van der Waals surface area contributed by atoms with E-state index < -0.39 is 11.7 Å². The summed E-state index contributed by atoms with van der Waals surface area (Å²) in [7, 11) is 1.38. The van der Waals surface area contributed by atoms with Gasteiger partial charge in [0.25, 0.3) is 0 Å². The molecule has 0 unspecified atom stereocenters. The normalized spacial score (nSPS) is 22.8. The van der Waals surface area contributed by atoms with Crippen LogP contribution in [-0.2, 0) is 27.3 Å². The lowest BCUT2D eigenvalue weighted by molar-refractivity contribution is -0.158. The van der Waals surface area contributed by atoms with Gasteiger partial charge in [0, 0.05) is 23.1 Å². The van der Waals surface area contributed by atoms with Crippen molar-refractivity contribution in [2.24, 2.45) is 5.92 Å². The van der Waals surface area contributed by atoms with Crippen molar-refractivity contribution >= 4 is 22.8 Å². The van der Waals surface area contributed by atoms with Gasteiger partial charge in [-0.3, -0.25) is 9.69 Å². The third kappa shape index (κ3) is 2.50. The molecule has 1 aromatic carbocycles. The number of hydrogen-bond donors (Lipinski definition) is 1. The number of esters is 1. The number of aromatic nitrogens is 1. The third-order valence-electron chi connectivity index (χ3n) is 6.17. The Morgan fingerprint density at radius 3 is 2.67 bits per heavy atom. The molecule has 3 heterocycles. The lowest BCUT2D eigenvalue weighted by Gasteiger charge is -2.43. The van der Waals surface area contributed by atoms with E-state index in [0.717, 1.165) is 11.2 Å². The van der Waals surface area contributed by atoms with E-state index in [1.165, 1.54) is 18.1 Å². The summed E-state index contributed by atoms with van der Waals surface area (Å²) in [6.07, 6.45) is 0.657. The number of hydrogen-bond acceptors (Lipinski definition) is 4. The number of carbonyl (C=O) groups is 2. The van der Waals surface area contributed by atoms with Crippen LogP contribution in [0.1, 0.15) is 39.0 Å². The zero-order valence-electron chi connectivity index (χ0n) is 16.6. The van der Waals surface area contributed by atoms with Crippen molar-refractivity contribution in [2.45, 2.75) is 58.4 Å². The minimum atomic E-state index is -0.585. The summed E-state index contributed by atoms with van der Waals surface area (Å²) >= 11 is 0. The van der Waals surface area contributed by atoms with Gasteiger partial charge in [-0.15, -0.1) is 0 Å². The van der Waals surface area contributed by atoms with Crippen molar-refractivity contribution in [1.29, 1.82) is 0 Å². The Labute approximate surface area is 159 Å². The van der Waals surface area contributed by atoms with Gasteiger partial charge in [0.05, 0.1) is 18.8 Å². The first-order chi connectivity index (χ1) is 12.8. The average Bonchev–Trinajstić information content (AvgIpc) is 3.08. The summed E-state index contributed by atoms with van der Waals surface area (Å²) in [4.78, 5) is 33.4. The van der Waals surface area contributed by atoms with Crippen LogP contribution in [0.3, 0.4) is 0 Å². The van der Waals surface area contributed by atoms with Gasteiger partial charge in [-0.1, -0.05) is 32.0 Å². The number of amides is 1. The number of fused-ring (bicyclic) bond motifs is 4. The van der Waals surface area contributed by atoms with E-state index >= 15 is 0 Å².